The average molecular weight is 494 g/mol. The number of halogens is 5. The number of oxazole rings is 1. The molecule has 1 aliphatic heterocycles. The first-order chi connectivity index (χ1) is 16.6. The first-order valence-electron chi connectivity index (χ1n) is 10.3. The molecule has 0 bridgehead atoms. The molecule has 184 valence electrons. The van der Waals surface area contributed by atoms with Crippen molar-refractivity contribution in [2.24, 2.45) is 16.6 Å². The van der Waals surface area contributed by atoms with Crippen molar-refractivity contribution >= 4 is 17.2 Å². The third kappa shape index (κ3) is 4.87. The molecule has 0 fully saturated rings. The molecule has 2 heterocycles. The van der Waals surface area contributed by atoms with E-state index in [1.807, 2.05) is 0 Å². The number of benzene rings is 1. The van der Waals surface area contributed by atoms with Gasteiger partial charge in [-0.25, -0.2) is 13.8 Å². The summed E-state index contributed by atoms with van der Waals surface area (Å²) in [4.78, 5) is 20.7. The zero-order valence-corrected chi connectivity index (χ0v) is 18.2. The smallest absolute Gasteiger partial charge is 0.432 e. The molecule has 2 unspecified atom stereocenters. The standard InChI is InChI=1S/C23H19F5N4O3/c1-34-16-6-3-13(12-4-7-18(23(26,27)28)31-19(12)16)22-32-20(17(9-29)35-22)21(33)30-10-11-2-5-14(24)15(25)8-11/h2-8,12,19H,9-10,29H2,1H3,(H,30,33). The molecule has 0 radical (unpaired) electrons. The number of carbonyl (C=O) groups excluding carboxylic acids is 1. The van der Waals surface area contributed by atoms with Crippen LogP contribution in [0.3, 0.4) is 0 Å². The van der Waals surface area contributed by atoms with Gasteiger partial charge in [0, 0.05) is 18.0 Å². The monoisotopic (exact) mass is 494 g/mol. The van der Waals surface area contributed by atoms with E-state index >= 15 is 0 Å². The topological polar surface area (TPSA) is 103 Å². The molecule has 1 aliphatic carbocycles. The number of hydrogen-bond donors (Lipinski definition) is 2. The highest BCUT2D eigenvalue weighted by Crippen LogP contribution is 2.39. The molecule has 4 rings (SSSR count). The zero-order chi connectivity index (χ0) is 25.3. The summed E-state index contributed by atoms with van der Waals surface area (Å²) in [6.45, 7) is -0.305. The van der Waals surface area contributed by atoms with Crippen LogP contribution in [0.15, 0.2) is 57.7 Å². The van der Waals surface area contributed by atoms with E-state index in [1.165, 1.54) is 25.3 Å². The molecule has 12 heteroatoms. The fourth-order valence-electron chi connectivity index (χ4n) is 3.75. The summed E-state index contributed by atoms with van der Waals surface area (Å²) >= 11 is 0. The van der Waals surface area contributed by atoms with E-state index in [9.17, 15) is 26.7 Å². The number of hydrogen-bond acceptors (Lipinski definition) is 6. The van der Waals surface area contributed by atoms with Crippen LogP contribution < -0.4 is 11.1 Å². The van der Waals surface area contributed by atoms with Gasteiger partial charge in [0.25, 0.3) is 5.91 Å². The summed E-state index contributed by atoms with van der Waals surface area (Å²) in [6.07, 6.45) is 0.592. The lowest BCUT2D eigenvalue weighted by molar-refractivity contribution is -0.0583. The number of aliphatic imine (C=N–C) groups is 1. The molecule has 0 saturated carbocycles. The SMILES string of the molecule is COC1=CC=C(c2nc(C(=O)NCc3ccc(F)c(F)c3)c(CN)o2)C2C=CC(C(F)(F)F)=NC12. The van der Waals surface area contributed by atoms with Crippen molar-refractivity contribution in [2.45, 2.75) is 25.3 Å². The quantitative estimate of drug-likeness (QED) is 0.595. The largest absolute Gasteiger partial charge is 0.499 e. The summed E-state index contributed by atoms with van der Waals surface area (Å²) in [5.41, 5.74) is 5.21. The van der Waals surface area contributed by atoms with Gasteiger partial charge in [-0.15, -0.1) is 0 Å². The highest BCUT2D eigenvalue weighted by Gasteiger charge is 2.41. The molecule has 2 atom stereocenters. The highest BCUT2D eigenvalue weighted by atomic mass is 19.4. The van der Waals surface area contributed by atoms with Crippen LogP contribution in [0.5, 0.6) is 0 Å². The normalized spacial score (nSPS) is 19.5. The minimum absolute atomic E-state index is 0.0138. The first kappa shape index (κ1) is 24.3. The van der Waals surface area contributed by atoms with Gasteiger partial charge in [-0.3, -0.25) is 9.79 Å². The number of allylic oxidation sites excluding steroid dienone is 3. The van der Waals surface area contributed by atoms with Gasteiger partial charge < -0.3 is 20.2 Å². The number of fused-ring (bicyclic) bond motifs is 1. The fraction of sp³-hybridized carbons (Fsp3) is 0.261. The van der Waals surface area contributed by atoms with Crippen LogP contribution in [-0.2, 0) is 17.8 Å². The Morgan fingerprint density at radius 3 is 2.66 bits per heavy atom. The number of rotatable bonds is 6. The van der Waals surface area contributed by atoms with E-state index in [-0.39, 0.29) is 36.2 Å². The van der Waals surface area contributed by atoms with E-state index in [2.05, 4.69) is 15.3 Å². The molecule has 1 aromatic carbocycles. The van der Waals surface area contributed by atoms with Crippen molar-refractivity contribution in [1.29, 1.82) is 0 Å². The summed E-state index contributed by atoms with van der Waals surface area (Å²) in [5.74, 6) is -3.19. The molecule has 1 aromatic heterocycles. The van der Waals surface area contributed by atoms with Crippen molar-refractivity contribution in [3.8, 4) is 0 Å². The second-order valence-corrected chi connectivity index (χ2v) is 7.66. The van der Waals surface area contributed by atoms with Gasteiger partial charge in [-0.1, -0.05) is 12.1 Å². The van der Waals surface area contributed by atoms with Crippen LogP contribution in [0.1, 0.15) is 27.7 Å². The number of amides is 1. The van der Waals surface area contributed by atoms with Gasteiger partial charge in [-0.05, 0) is 35.9 Å². The van der Waals surface area contributed by atoms with Gasteiger partial charge in [0.1, 0.15) is 17.5 Å². The fourth-order valence-corrected chi connectivity index (χ4v) is 3.75. The van der Waals surface area contributed by atoms with Crippen molar-refractivity contribution in [3.63, 3.8) is 0 Å². The lowest BCUT2D eigenvalue weighted by Gasteiger charge is -2.30. The van der Waals surface area contributed by atoms with Crippen LogP contribution in [0.4, 0.5) is 22.0 Å². The Kier molecular flexibility index (Phi) is 6.57. The third-order valence-electron chi connectivity index (χ3n) is 5.47. The van der Waals surface area contributed by atoms with E-state index in [0.29, 0.717) is 11.1 Å². The lowest BCUT2D eigenvalue weighted by atomic mass is 9.84. The summed E-state index contributed by atoms with van der Waals surface area (Å²) < 4.78 is 77.0. The third-order valence-corrected chi connectivity index (χ3v) is 5.47. The molecule has 0 saturated heterocycles. The maximum Gasteiger partial charge on any atom is 0.432 e. The molecular formula is C23H19F5N4O3. The Balaban J connectivity index is 1.59. The van der Waals surface area contributed by atoms with Gasteiger partial charge in [0.2, 0.25) is 5.89 Å². The average Bonchev–Trinajstić information content (AvgIpc) is 3.27. The van der Waals surface area contributed by atoms with E-state index in [0.717, 1.165) is 18.2 Å². The molecule has 7 nitrogen and oxygen atoms in total. The number of aromatic nitrogens is 1. The number of dihydropyridines is 1. The molecule has 35 heavy (non-hydrogen) atoms. The molecule has 0 spiro atoms. The molecule has 1 amide bonds. The zero-order valence-electron chi connectivity index (χ0n) is 18.2. The van der Waals surface area contributed by atoms with Crippen LogP contribution in [0.2, 0.25) is 0 Å². The van der Waals surface area contributed by atoms with E-state index in [1.54, 1.807) is 6.08 Å². The van der Waals surface area contributed by atoms with Crippen molar-refractivity contribution in [2.75, 3.05) is 7.11 Å². The summed E-state index contributed by atoms with van der Waals surface area (Å²) in [6, 6.07) is 2.20. The number of methoxy groups -OCH3 is 1. The van der Waals surface area contributed by atoms with Crippen LogP contribution in [0.25, 0.3) is 5.57 Å². The second-order valence-electron chi connectivity index (χ2n) is 7.66. The van der Waals surface area contributed by atoms with Crippen LogP contribution in [-0.4, -0.2) is 35.9 Å². The van der Waals surface area contributed by atoms with Gasteiger partial charge in [0.05, 0.1) is 13.7 Å². The Bertz CT molecular complexity index is 1280. The Hall–Kier alpha value is -3.80. The molecule has 3 N–H and O–H groups in total. The molecular weight excluding hydrogens is 475 g/mol. The summed E-state index contributed by atoms with van der Waals surface area (Å²) in [7, 11) is 1.33. The molecule has 2 aliphatic rings. The summed E-state index contributed by atoms with van der Waals surface area (Å²) in [5, 5.41) is 2.53. The number of nitrogens with two attached hydrogens (primary N) is 1. The predicted octanol–water partition coefficient (Wildman–Crippen LogP) is 3.83. The van der Waals surface area contributed by atoms with Gasteiger partial charge >= 0.3 is 6.18 Å². The van der Waals surface area contributed by atoms with Crippen LogP contribution in [0, 0.1) is 17.6 Å². The second kappa shape index (κ2) is 9.45. The first-order valence-corrected chi connectivity index (χ1v) is 10.3. The van der Waals surface area contributed by atoms with Gasteiger partial charge in [0.15, 0.2) is 23.1 Å². The number of nitrogens with zero attached hydrogens (tertiary/aromatic N) is 2. The minimum Gasteiger partial charge on any atom is -0.499 e. The van der Waals surface area contributed by atoms with E-state index < -0.39 is 41.4 Å². The van der Waals surface area contributed by atoms with Crippen molar-refractivity contribution < 1.29 is 35.9 Å². The number of nitrogens with one attached hydrogen (secondary N) is 1. The Morgan fingerprint density at radius 2 is 2.00 bits per heavy atom. The minimum atomic E-state index is -4.63. The van der Waals surface area contributed by atoms with Gasteiger partial charge in [-0.2, -0.15) is 13.2 Å². The Morgan fingerprint density at radius 1 is 1.23 bits per heavy atom. The Labute approximate surface area is 195 Å². The number of ether oxygens (including phenoxy) is 1. The predicted molar refractivity (Wildman–Crippen MR) is 115 cm³/mol. The lowest BCUT2D eigenvalue weighted by Crippen LogP contribution is -2.33. The van der Waals surface area contributed by atoms with Crippen LogP contribution >= 0.6 is 0 Å². The maximum absolute atomic E-state index is 13.4. The number of carbonyl (C=O) groups is 1. The maximum atomic E-state index is 13.4. The number of alkyl halides is 3. The van der Waals surface area contributed by atoms with E-state index in [4.69, 9.17) is 14.9 Å². The highest BCUT2D eigenvalue weighted by molar-refractivity contribution is 6.01. The van der Waals surface area contributed by atoms with Crippen molar-refractivity contribution in [1.82, 2.24) is 10.3 Å². The van der Waals surface area contributed by atoms with Crippen molar-refractivity contribution in [3.05, 3.63) is 82.8 Å². The molecule has 2 aromatic rings.